The van der Waals surface area contributed by atoms with Crippen molar-refractivity contribution in [2.24, 2.45) is 10.9 Å². The van der Waals surface area contributed by atoms with Crippen molar-refractivity contribution in [3.05, 3.63) is 16.1 Å². The first-order chi connectivity index (χ1) is 11.2. The van der Waals surface area contributed by atoms with Gasteiger partial charge in [-0.05, 0) is 26.2 Å². The number of piperidine rings is 1. The molecule has 1 fully saturated rings. The van der Waals surface area contributed by atoms with Gasteiger partial charge in [0.15, 0.2) is 5.96 Å². The van der Waals surface area contributed by atoms with Crippen LogP contribution in [-0.4, -0.2) is 48.6 Å². The molecular formula is C16H26N4O2S. The molecule has 0 aliphatic carbocycles. The number of guanidine groups is 1. The number of rotatable bonds is 5. The number of hydrogen-bond donors (Lipinski definition) is 1. The lowest BCUT2D eigenvalue weighted by Gasteiger charge is -2.33. The molecule has 0 atom stereocenters. The van der Waals surface area contributed by atoms with Gasteiger partial charge in [-0.25, -0.2) is 4.98 Å². The van der Waals surface area contributed by atoms with Gasteiger partial charge in [0.25, 0.3) is 0 Å². The number of nitrogens with one attached hydrogen (secondary N) is 1. The van der Waals surface area contributed by atoms with Crippen LogP contribution in [0.4, 0.5) is 0 Å². The molecule has 7 heteroatoms. The molecule has 23 heavy (non-hydrogen) atoms. The molecule has 0 unspecified atom stereocenters. The molecule has 1 N–H and O–H groups in total. The first kappa shape index (κ1) is 17.7. The van der Waals surface area contributed by atoms with Crippen molar-refractivity contribution in [3.8, 4) is 0 Å². The van der Waals surface area contributed by atoms with Gasteiger partial charge < -0.3 is 15.0 Å². The summed E-state index contributed by atoms with van der Waals surface area (Å²) >= 11 is 1.70. The zero-order valence-electron chi connectivity index (χ0n) is 14.2. The summed E-state index contributed by atoms with van der Waals surface area (Å²) in [4.78, 5) is 22.9. The minimum absolute atomic E-state index is 0.0231. The van der Waals surface area contributed by atoms with E-state index in [2.05, 4.69) is 32.5 Å². The van der Waals surface area contributed by atoms with E-state index in [1.54, 1.807) is 18.4 Å². The van der Waals surface area contributed by atoms with E-state index in [1.165, 1.54) is 0 Å². The maximum Gasteiger partial charge on any atom is 0.309 e. The van der Waals surface area contributed by atoms with E-state index in [4.69, 9.17) is 4.74 Å². The van der Waals surface area contributed by atoms with Crippen molar-refractivity contribution < 1.29 is 9.53 Å². The van der Waals surface area contributed by atoms with Crippen LogP contribution in [-0.2, 0) is 22.5 Å². The zero-order chi connectivity index (χ0) is 16.7. The highest BCUT2D eigenvalue weighted by molar-refractivity contribution is 7.09. The lowest BCUT2D eigenvalue weighted by molar-refractivity contribution is -0.149. The second kappa shape index (κ2) is 8.86. The lowest BCUT2D eigenvalue weighted by Crippen LogP contribution is -2.46. The third-order valence-electron chi connectivity index (χ3n) is 3.96. The Labute approximate surface area is 142 Å². The van der Waals surface area contributed by atoms with Gasteiger partial charge in [-0.15, -0.1) is 11.3 Å². The molecule has 1 aliphatic heterocycles. The molecule has 128 valence electrons. The van der Waals surface area contributed by atoms with Gasteiger partial charge in [-0.3, -0.25) is 9.79 Å². The third kappa shape index (κ3) is 4.92. The first-order valence-electron chi connectivity index (χ1n) is 8.23. The number of hydrogen-bond acceptors (Lipinski definition) is 5. The first-order valence-corrected chi connectivity index (χ1v) is 9.11. The number of aliphatic imine (C=N–C) groups is 1. The van der Waals surface area contributed by atoms with E-state index >= 15 is 0 Å². The molecule has 2 heterocycles. The largest absolute Gasteiger partial charge is 0.466 e. The molecule has 1 saturated heterocycles. The monoisotopic (exact) mass is 338 g/mol. The van der Waals surface area contributed by atoms with Gasteiger partial charge in [0.05, 0.1) is 29.8 Å². The quantitative estimate of drug-likeness (QED) is 0.506. The second-order valence-electron chi connectivity index (χ2n) is 5.50. The van der Waals surface area contributed by atoms with Crippen LogP contribution in [0.2, 0.25) is 0 Å². The van der Waals surface area contributed by atoms with Crippen LogP contribution in [0.15, 0.2) is 10.4 Å². The van der Waals surface area contributed by atoms with E-state index < -0.39 is 0 Å². The normalized spacial score (nSPS) is 16.5. The highest BCUT2D eigenvalue weighted by Crippen LogP contribution is 2.19. The van der Waals surface area contributed by atoms with Gasteiger partial charge in [-0.2, -0.15) is 0 Å². The van der Waals surface area contributed by atoms with E-state index in [1.807, 2.05) is 6.92 Å². The van der Waals surface area contributed by atoms with Gasteiger partial charge in [0.2, 0.25) is 0 Å². The third-order valence-corrected chi connectivity index (χ3v) is 5.00. The molecule has 2 rings (SSSR count). The predicted molar refractivity (Wildman–Crippen MR) is 92.6 cm³/mol. The van der Waals surface area contributed by atoms with E-state index in [9.17, 15) is 4.79 Å². The second-order valence-corrected chi connectivity index (χ2v) is 6.44. The maximum atomic E-state index is 11.8. The smallest absolute Gasteiger partial charge is 0.309 e. The zero-order valence-corrected chi connectivity index (χ0v) is 15.0. The van der Waals surface area contributed by atoms with Gasteiger partial charge >= 0.3 is 5.97 Å². The molecule has 1 aromatic heterocycles. The Bertz CT molecular complexity index is 536. The van der Waals surface area contributed by atoms with Crippen LogP contribution in [0.3, 0.4) is 0 Å². The van der Waals surface area contributed by atoms with Crippen LogP contribution in [0.25, 0.3) is 0 Å². The molecule has 1 aromatic rings. The summed E-state index contributed by atoms with van der Waals surface area (Å²) in [6.45, 7) is 6.74. The van der Waals surface area contributed by atoms with Crippen LogP contribution in [0.1, 0.15) is 37.4 Å². The number of carbonyl (C=O) groups is 1. The highest BCUT2D eigenvalue weighted by Gasteiger charge is 2.27. The highest BCUT2D eigenvalue weighted by atomic mass is 32.1. The van der Waals surface area contributed by atoms with E-state index in [-0.39, 0.29) is 11.9 Å². The van der Waals surface area contributed by atoms with Crippen molar-refractivity contribution in [1.29, 1.82) is 0 Å². The fourth-order valence-electron chi connectivity index (χ4n) is 2.68. The lowest BCUT2D eigenvalue weighted by atomic mass is 9.97. The Kier molecular flexibility index (Phi) is 6.83. The Balaban J connectivity index is 1.82. The average Bonchev–Trinajstić information content (AvgIpc) is 3.04. The molecule has 0 aromatic carbocycles. The Morgan fingerprint density at radius 2 is 2.22 bits per heavy atom. The summed E-state index contributed by atoms with van der Waals surface area (Å²) in [5.74, 6) is 0.831. The van der Waals surface area contributed by atoms with Crippen LogP contribution < -0.4 is 5.32 Å². The molecular weight excluding hydrogens is 312 g/mol. The van der Waals surface area contributed by atoms with Crippen LogP contribution in [0.5, 0.6) is 0 Å². The topological polar surface area (TPSA) is 66.8 Å². The summed E-state index contributed by atoms with van der Waals surface area (Å²) in [5.41, 5.74) is 1.05. The van der Waals surface area contributed by atoms with Crippen molar-refractivity contribution >= 4 is 23.3 Å². The summed E-state index contributed by atoms with van der Waals surface area (Å²) in [6.07, 6.45) is 2.60. The molecule has 1 aliphatic rings. The van der Waals surface area contributed by atoms with Crippen molar-refractivity contribution in [2.75, 3.05) is 26.7 Å². The minimum Gasteiger partial charge on any atom is -0.466 e. The molecule has 0 radical (unpaired) electrons. The predicted octanol–water partition coefficient (Wildman–Crippen LogP) is 2.06. The number of ether oxygens (including phenoxy) is 1. The summed E-state index contributed by atoms with van der Waals surface area (Å²) in [5, 5.41) is 6.61. The van der Waals surface area contributed by atoms with E-state index in [0.29, 0.717) is 13.2 Å². The Hall–Kier alpha value is -1.63. The summed E-state index contributed by atoms with van der Waals surface area (Å²) in [7, 11) is 1.79. The molecule has 0 bridgehead atoms. The molecule has 0 amide bonds. The number of thiazole rings is 1. The van der Waals surface area contributed by atoms with Gasteiger partial charge in [0, 0.05) is 25.5 Å². The van der Waals surface area contributed by atoms with Crippen molar-refractivity contribution in [2.45, 2.75) is 39.7 Å². The Morgan fingerprint density at radius 1 is 1.48 bits per heavy atom. The average molecular weight is 338 g/mol. The van der Waals surface area contributed by atoms with Crippen LogP contribution >= 0.6 is 11.3 Å². The minimum atomic E-state index is -0.0651. The summed E-state index contributed by atoms with van der Waals surface area (Å²) < 4.78 is 5.11. The van der Waals surface area contributed by atoms with E-state index in [0.717, 1.165) is 49.0 Å². The number of likely N-dealkylation sites (tertiary alicyclic amines) is 1. The SMILES string of the molecule is CCOC(=O)C1CCN(C(=NC)NCc2csc(CC)n2)CC1. The van der Waals surface area contributed by atoms with Crippen molar-refractivity contribution in [3.63, 3.8) is 0 Å². The number of carbonyl (C=O) groups excluding carboxylic acids is 1. The standard InChI is InChI=1S/C16H26N4O2S/c1-4-14-19-13(11-23-14)10-18-16(17-3)20-8-6-12(7-9-20)15(21)22-5-2/h11-12H,4-10H2,1-3H3,(H,17,18). The van der Waals surface area contributed by atoms with Gasteiger partial charge in [-0.1, -0.05) is 6.92 Å². The Morgan fingerprint density at radius 3 is 2.78 bits per heavy atom. The molecule has 0 spiro atoms. The van der Waals surface area contributed by atoms with Gasteiger partial charge in [0.1, 0.15) is 0 Å². The maximum absolute atomic E-state index is 11.8. The molecule has 0 saturated carbocycles. The number of nitrogens with zero attached hydrogens (tertiary/aromatic N) is 3. The summed E-state index contributed by atoms with van der Waals surface area (Å²) in [6, 6.07) is 0. The fraction of sp³-hybridized carbons (Fsp3) is 0.688. The fourth-order valence-corrected chi connectivity index (χ4v) is 3.43. The molecule has 6 nitrogen and oxygen atoms in total. The number of aromatic nitrogens is 1. The number of esters is 1. The number of aryl methyl sites for hydroxylation is 1. The van der Waals surface area contributed by atoms with Crippen molar-refractivity contribution in [1.82, 2.24) is 15.2 Å². The van der Waals surface area contributed by atoms with Crippen LogP contribution in [0, 0.1) is 5.92 Å².